The molecule has 1 aromatic heterocycles. The molecule has 0 aliphatic carbocycles. The summed E-state index contributed by atoms with van der Waals surface area (Å²) in [5.74, 6) is -0.0135. The van der Waals surface area contributed by atoms with Crippen LogP contribution >= 0.6 is 0 Å². The van der Waals surface area contributed by atoms with Crippen molar-refractivity contribution in [3.8, 4) is 0 Å². The van der Waals surface area contributed by atoms with Crippen LogP contribution in [0.2, 0.25) is 0 Å². The van der Waals surface area contributed by atoms with E-state index >= 15 is 0 Å². The standard InChI is InChI=1S/C20H30N4O3S/c1-6-15(3)23-28(26,27)19-9-7-18(8-10-19)20(25)21-12-14(2)13-24-17(5)11-16(4)22-24/h7-11,14-15,23H,6,12-13H2,1-5H3,(H,21,25). The number of hydrogen-bond acceptors (Lipinski definition) is 4. The molecule has 0 aliphatic heterocycles. The lowest BCUT2D eigenvalue weighted by atomic mass is 10.1. The van der Waals surface area contributed by atoms with Gasteiger partial charge in [-0.15, -0.1) is 0 Å². The Kier molecular flexibility index (Phi) is 7.37. The zero-order valence-electron chi connectivity index (χ0n) is 17.2. The highest BCUT2D eigenvalue weighted by molar-refractivity contribution is 7.89. The maximum Gasteiger partial charge on any atom is 0.251 e. The monoisotopic (exact) mass is 406 g/mol. The van der Waals surface area contributed by atoms with Gasteiger partial charge in [-0.05, 0) is 63.4 Å². The van der Waals surface area contributed by atoms with Gasteiger partial charge in [0.1, 0.15) is 0 Å². The van der Waals surface area contributed by atoms with E-state index in [1.54, 1.807) is 0 Å². The molecule has 154 valence electrons. The minimum atomic E-state index is -3.57. The first kappa shape index (κ1) is 22.1. The van der Waals surface area contributed by atoms with Crippen LogP contribution in [0.25, 0.3) is 0 Å². The molecule has 0 saturated heterocycles. The van der Waals surface area contributed by atoms with Crippen LogP contribution in [-0.2, 0) is 16.6 Å². The summed E-state index contributed by atoms with van der Waals surface area (Å²) in [4.78, 5) is 12.5. The smallest absolute Gasteiger partial charge is 0.251 e. The quantitative estimate of drug-likeness (QED) is 0.669. The van der Waals surface area contributed by atoms with Gasteiger partial charge in [0.15, 0.2) is 0 Å². The lowest BCUT2D eigenvalue weighted by Gasteiger charge is -2.14. The predicted molar refractivity (Wildman–Crippen MR) is 110 cm³/mol. The fourth-order valence-corrected chi connectivity index (χ4v) is 4.12. The average Bonchev–Trinajstić information content (AvgIpc) is 2.96. The summed E-state index contributed by atoms with van der Waals surface area (Å²) < 4.78 is 29.1. The van der Waals surface area contributed by atoms with E-state index in [1.165, 1.54) is 24.3 Å². The maximum absolute atomic E-state index is 12.4. The van der Waals surface area contributed by atoms with Gasteiger partial charge in [-0.1, -0.05) is 13.8 Å². The minimum Gasteiger partial charge on any atom is -0.352 e. The molecule has 0 radical (unpaired) electrons. The van der Waals surface area contributed by atoms with Gasteiger partial charge in [-0.25, -0.2) is 13.1 Å². The van der Waals surface area contributed by atoms with Crippen LogP contribution in [-0.4, -0.2) is 36.7 Å². The lowest BCUT2D eigenvalue weighted by molar-refractivity contribution is 0.0946. The summed E-state index contributed by atoms with van der Waals surface area (Å²) in [5, 5.41) is 7.34. The van der Waals surface area contributed by atoms with Crippen molar-refractivity contribution in [1.82, 2.24) is 19.8 Å². The summed E-state index contributed by atoms with van der Waals surface area (Å²) in [7, 11) is -3.57. The lowest BCUT2D eigenvalue weighted by Crippen LogP contribution is -2.32. The van der Waals surface area contributed by atoms with Gasteiger partial charge >= 0.3 is 0 Å². The molecule has 28 heavy (non-hydrogen) atoms. The van der Waals surface area contributed by atoms with E-state index in [-0.39, 0.29) is 22.8 Å². The van der Waals surface area contributed by atoms with Crippen molar-refractivity contribution in [2.24, 2.45) is 5.92 Å². The summed E-state index contributed by atoms with van der Waals surface area (Å²) in [5.41, 5.74) is 2.51. The third-order valence-corrected chi connectivity index (χ3v) is 6.20. The second-order valence-corrected chi connectivity index (χ2v) is 9.09. The summed E-state index contributed by atoms with van der Waals surface area (Å²) in [6, 6.07) is 7.87. The zero-order chi connectivity index (χ0) is 20.9. The van der Waals surface area contributed by atoms with Gasteiger partial charge < -0.3 is 5.32 Å². The normalized spacial score (nSPS) is 13.9. The molecule has 0 saturated carbocycles. The Morgan fingerprint density at radius 2 is 1.82 bits per heavy atom. The Bertz CT molecular complexity index is 904. The highest BCUT2D eigenvalue weighted by atomic mass is 32.2. The Morgan fingerprint density at radius 1 is 1.18 bits per heavy atom. The van der Waals surface area contributed by atoms with E-state index in [0.717, 1.165) is 17.9 Å². The molecule has 2 aromatic rings. The largest absolute Gasteiger partial charge is 0.352 e. The van der Waals surface area contributed by atoms with Crippen LogP contribution in [0, 0.1) is 19.8 Å². The van der Waals surface area contributed by atoms with Crippen molar-refractivity contribution in [2.45, 2.75) is 58.5 Å². The number of carbonyl (C=O) groups is 1. The van der Waals surface area contributed by atoms with Gasteiger partial charge in [0, 0.05) is 30.4 Å². The van der Waals surface area contributed by atoms with E-state index in [1.807, 2.05) is 45.4 Å². The van der Waals surface area contributed by atoms with Crippen molar-refractivity contribution in [3.63, 3.8) is 0 Å². The van der Waals surface area contributed by atoms with Gasteiger partial charge in [0.05, 0.1) is 10.6 Å². The number of carbonyl (C=O) groups excluding carboxylic acids is 1. The zero-order valence-corrected chi connectivity index (χ0v) is 18.0. The summed E-state index contributed by atoms with van der Waals surface area (Å²) >= 11 is 0. The minimum absolute atomic E-state index is 0.142. The topological polar surface area (TPSA) is 93.1 Å². The third kappa shape index (κ3) is 5.90. The molecule has 0 spiro atoms. The van der Waals surface area contributed by atoms with Crippen LogP contribution in [0.15, 0.2) is 35.2 Å². The van der Waals surface area contributed by atoms with E-state index in [9.17, 15) is 13.2 Å². The van der Waals surface area contributed by atoms with Crippen molar-refractivity contribution >= 4 is 15.9 Å². The van der Waals surface area contributed by atoms with Crippen LogP contribution in [0.5, 0.6) is 0 Å². The molecular formula is C20H30N4O3S. The van der Waals surface area contributed by atoms with Crippen LogP contribution < -0.4 is 10.0 Å². The highest BCUT2D eigenvalue weighted by Crippen LogP contribution is 2.12. The predicted octanol–water partition coefficient (Wildman–Crippen LogP) is 2.64. The number of hydrogen-bond donors (Lipinski definition) is 2. The molecule has 0 fully saturated rings. The molecular weight excluding hydrogens is 376 g/mol. The molecule has 8 heteroatoms. The number of amides is 1. The Labute approximate surface area is 167 Å². The molecule has 1 amide bonds. The van der Waals surface area contributed by atoms with Crippen LogP contribution in [0.4, 0.5) is 0 Å². The fourth-order valence-electron chi connectivity index (χ4n) is 2.79. The molecule has 1 heterocycles. The highest BCUT2D eigenvalue weighted by Gasteiger charge is 2.17. The molecule has 2 unspecified atom stereocenters. The Hall–Kier alpha value is -2.19. The van der Waals surface area contributed by atoms with Crippen molar-refractivity contribution in [3.05, 3.63) is 47.3 Å². The molecule has 2 rings (SSSR count). The number of sulfonamides is 1. The van der Waals surface area contributed by atoms with Gasteiger partial charge in [-0.3, -0.25) is 9.48 Å². The first-order valence-electron chi connectivity index (χ1n) is 9.54. The average molecular weight is 407 g/mol. The summed E-state index contributed by atoms with van der Waals surface area (Å²) in [6.45, 7) is 11.0. The fraction of sp³-hybridized carbons (Fsp3) is 0.500. The van der Waals surface area contributed by atoms with E-state index < -0.39 is 10.0 Å². The number of nitrogens with one attached hydrogen (secondary N) is 2. The number of benzene rings is 1. The second kappa shape index (κ2) is 9.34. The van der Waals surface area contributed by atoms with Crippen molar-refractivity contribution < 1.29 is 13.2 Å². The maximum atomic E-state index is 12.4. The molecule has 1 aromatic carbocycles. The van der Waals surface area contributed by atoms with Gasteiger partial charge in [0.25, 0.3) is 5.91 Å². The van der Waals surface area contributed by atoms with E-state index in [0.29, 0.717) is 18.5 Å². The van der Waals surface area contributed by atoms with Crippen LogP contribution in [0.1, 0.15) is 48.9 Å². The van der Waals surface area contributed by atoms with Gasteiger partial charge in [0.2, 0.25) is 10.0 Å². The van der Waals surface area contributed by atoms with E-state index in [2.05, 4.69) is 15.1 Å². The van der Waals surface area contributed by atoms with Gasteiger partial charge in [-0.2, -0.15) is 5.10 Å². The molecule has 0 aliphatic rings. The number of aromatic nitrogens is 2. The van der Waals surface area contributed by atoms with Crippen LogP contribution in [0.3, 0.4) is 0 Å². The first-order valence-corrected chi connectivity index (χ1v) is 11.0. The molecule has 0 bridgehead atoms. The molecule has 2 atom stereocenters. The van der Waals surface area contributed by atoms with Crippen molar-refractivity contribution in [2.75, 3.05) is 6.54 Å². The number of rotatable bonds is 9. The number of nitrogens with zero attached hydrogens (tertiary/aromatic N) is 2. The third-order valence-electron chi connectivity index (χ3n) is 4.59. The Balaban J connectivity index is 1.93. The SMILES string of the molecule is CCC(C)NS(=O)(=O)c1ccc(C(=O)NCC(C)Cn2nc(C)cc2C)cc1. The molecule has 7 nitrogen and oxygen atoms in total. The van der Waals surface area contributed by atoms with E-state index in [4.69, 9.17) is 0 Å². The first-order chi connectivity index (χ1) is 13.1. The second-order valence-electron chi connectivity index (χ2n) is 7.38. The molecule has 2 N–H and O–H groups in total. The Morgan fingerprint density at radius 3 is 2.36 bits per heavy atom. The number of aryl methyl sites for hydroxylation is 2. The van der Waals surface area contributed by atoms with Crippen molar-refractivity contribution in [1.29, 1.82) is 0 Å². The summed E-state index contributed by atoms with van der Waals surface area (Å²) in [6.07, 6.45) is 0.704.